The van der Waals surface area contributed by atoms with Crippen LogP contribution in [0.4, 0.5) is 5.13 Å². The maximum Gasteiger partial charge on any atom is 0.227 e. The van der Waals surface area contributed by atoms with Gasteiger partial charge < -0.3 is 10.6 Å². The molecule has 0 atom stereocenters. The van der Waals surface area contributed by atoms with Crippen LogP contribution in [0.5, 0.6) is 0 Å². The zero-order valence-electron chi connectivity index (χ0n) is 12.7. The molecule has 6 heteroatoms. The summed E-state index contributed by atoms with van der Waals surface area (Å²) >= 11 is 1.44. The fourth-order valence-corrected chi connectivity index (χ4v) is 3.20. The van der Waals surface area contributed by atoms with E-state index in [0.717, 1.165) is 29.7 Å². The van der Waals surface area contributed by atoms with Crippen LogP contribution in [0.3, 0.4) is 0 Å². The van der Waals surface area contributed by atoms with Gasteiger partial charge in [0, 0.05) is 25.1 Å². The van der Waals surface area contributed by atoms with Gasteiger partial charge in [-0.05, 0) is 18.4 Å². The Hall–Kier alpha value is -2.21. The molecule has 1 aliphatic carbocycles. The molecule has 3 rings (SSSR count). The van der Waals surface area contributed by atoms with Crippen molar-refractivity contribution in [1.29, 1.82) is 0 Å². The fourth-order valence-electron chi connectivity index (χ4n) is 2.36. The molecule has 23 heavy (non-hydrogen) atoms. The molecule has 2 amide bonds. The Morgan fingerprint density at radius 2 is 2.00 bits per heavy atom. The average Bonchev–Trinajstić information content (AvgIpc) is 2.95. The SMILES string of the molecule is O=C(CCNC(=O)C1CCC1)Nc1ncc(-c2ccccc2)s1. The molecule has 0 radical (unpaired) electrons. The van der Waals surface area contributed by atoms with Crippen LogP contribution in [0.25, 0.3) is 10.4 Å². The number of nitrogens with one attached hydrogen (secondary N) is 2. The average molecular weight is 329 g/mol. The molecule has 1 heterocycles. The van der Waals surface area contributed by atoms with Crippen molar-refractivity contribution in [3.05, 3.63) is 36.5 Å². The van der Waals surface area contributed by atoms with E-state index < -0.39 is 0 Å². The topological polar surface area (TPSA) is 71.1 Å². The Morgan fingerprint density at radius 1 is 1.22 bits per heavy atom. The summed E-state index contributed by atoms with van der Waals surface area (Å²) in [6, 6.07) is 9.92. The van der Waals surface area contributed by atoms with Crippen molar-refractivity contribution >= 4 is 28.3 Å². The van der Waals surface area contributed by atoms with Crippen LogP contribution in [-0.2, 0) is 9.59 Å². The second-order valence-corrected chi connectivity index (χ2v) is 6.64. The third-order valence-corrected chi connectivity index (χ3v) is 4.90. The van der Waals surface area contributed by atoms with Gasteiger partial charge in [0.2, 0.25) is 11.8 Å². The Bertz CT molecular complexity index is 680. The number of nitrogens with zero attached hydrogens (tertiary/aromatic N) is 1. The van der Waals surface area contributed by atoms with Crippen LogP contribution in [0, 0.1) is 5.92 Å². The summed E-state index contributed by atoms with van der Waals surface area (Å²) in [4.78, 5) is 28.8. The van der Waals surface area contributed by atoms with Gasteiger partial charge in [-0.1, -0.05) is 48.1 Å². The number of amides is 2. The Balaban J connectivity index is 1.45. The normalized spacial score (nSPS) is 14.1. The summed E-state index contributed by atoms with van der Waals surface area (Å²) in [6.45, 7) is 0.373. The van der Waals surface area contributed by atoms with Gasteiger partial charge in [-0.25, -0.2) is 4.98 Å². The first-order valence-corrected chi connectivity index (χ1v) is 8.63. The number of aromatic nitrogens is 1. The van der Waals surface area contributed by atoms with Crippen LogP contribution in [0.1, 0.15) is 25.7 Å². The molecule has 0 bridgehead atoms. The monoisotopic (exact) mass is 329 g/mol. The van der Waals surface area contributed by atoms with Crippen molar-refractivity contribution in [2.75, 3.05) is 11.9 Å². The molecule has 0 unspecified atom stereocenters. The molecular formula is C17H19N3O2S. The van der Waals surface area contributed by atoms with Crippen LogP contribution in [-0.4, -0.2) is 23.3 Å². The maximum atomic E-state index is 11.9. The minimum Gasteiger partial charge on any atom is -0.355 e. The molecule has 5 nitrogen and oxygen atoms in total. The van der Waals surface area contributed by atoms with E-state index in [-0.39, 0.29) is 24.2 Å². The third kappa shape index (κ3) is 4.16. The summed E-state index contributed by atoms with van der Waals surface area (Å²) in [6.07, 6.45) is 5.10. The minimum absolute atomic E-state index is 0.0738. The zero-order chi connectivity index (χ0) is 16.1. The Kier molecular flexibility index (Phi) is 5.02. The van der Waals surface area contributed by atoms with Crippen LogP contribution in [0.15, 0.2) is 36.5 Å². The van der Waals surface area contributed by atoms with E-state index >= 15 is 0 Å². The minimum atomic E-state index is -0.132. The fraction of sp³-hybridized carbons (Fsp3) is 0.353. The third-order valence-electron chi connectivity index (χ3n) is 3.94. The van der Waals surface area contributed by atoms with Gasteiger partial charge in [-0.3, -0.25) is 9.59 Å². The van der Waals surface area contributed by atoms with Gasteiger partial charge in [0.25, 0.3) is 0 Å². The van der Waals surface area contributed by atoms with Gasteiger partial charge in [0.1, 0.15) is 0 Å². The highest BCUT2D eigenvalue weighted by atomic mass is 32.1. The lowest BCUT2D eigenvalue weighted by Crippen LogP contribution is -2.36. The van der Waals surface area contributed by atoms with E-state index in [9.17, 15) is 9.59 Å². The highest BCUT2D eigenvalue weighted by Crippen LogP contribution is 2.28. The molecule has 2 N–H and O–H groups in total. The first kappa shape index (κ1) is 15.7. The molecule has 1 aromatic carbocycles. The molecule has 120 valence electrons. The van der Waals surface area contributed by atoms with Crippen LogP contribution < -0.4 is 10.6 Å². The number of carbonyl (C=O) groups excluding carboxylic acids is 2. The van der Waals surface area contributed by atoms with Gasteiger partial charge in [-0.2, -0.15) is 0 Å². The van der Waals surface area contributed by atoms with Gasteiger partial charge in [0.05, 0.1) is 4.88 Å². The van der Waals surface area contributed by atoms with Gasteiger partial charge in [-0.15, -0.1) is 0 Å². The van der Waals surface area contributed by atoms with E-state index in [0.29, 0.717) is 11.7 Å². The number of anilines is 1. The second kappa shape index (κ2) is 7.37. The molecule has 0 spiro atoms. The van der Waals surface area contributed by atoms with Crippen LogP contribution >= 0.6 is 11.3 Å². The molecule has 2 aromatic rings. The molecule has 1 fully saturated rings. The van der Waals surface area contributed by atoms with Crippen molar-refractivity contribution in [2.24, 2.45) is 5.92 Å². The molecule has 0 saturated heterocycles. The highest BCUT2D eigenvalue weighted by molar-refractivity contribution is 7.19. The number of rotatable bonds is 6. The summed E-state index contributed by atoms with van der Waals surface area (Å²) in [5.41, 5.74) is 1.08. The number of carbonyl (C=O) groups is 2. The lowest BCUT2D eigenvalue weighted by molar-refractivity contribution is -0.127. The number of benzene rings is 1. The molecule has 1 aliphatic rings. The number of thiazole rings is 1. The quantitative estimate of drug-likeness (QED) is 0.855. The molecular weight excluding hydrogens is 310 g/mol. The van der Waals surface area contributed by atoms with Gasteiger partial charge >= 0.3 is 0 Å². The van der Waals surface area contributed by atoms with Crippen molar-refractivity contribution in [2.45, 2.75) is 25.7 Å². The van der Waals surface area contributed by atoms with Crippen LogP contribution in [0.2, 0.25) is 0 Å². The lowest BCUT2D eigenvalue weighted by Gasteiger charge is -2.23. The summed E-state index contributed by atoms with van der Waals surface area (Å²) < 4.78 is 0. The van der Waals surface area contributed by atoms with Crippen molar-refractivity contribution in [3.8, 4) is 10.4 Å². The lowest BCUT2D eigenvalue weighted by atomic mass is 9.85. The Labute approximate surface area is 139 Å². The summed E-state index contributed by atoms with van der Waals surface area (Å²) in [5, 5.41) is 6.18. The maximum absolute atomic E-state index is 11.9. The first-order chi connectivity index (χ1) is 11.2. The highest BCUT2D eigenvalue weighted by Gasteiger charge is 2.24. The van der Waals surface area contributed by atoms with Gasteiger partial charge in [0.15, 0.2) is 5.13 Å². The summed E-state index contributed by atoms with van der Waals surface area (Å²) in [7, 11) is 0. The van der Waals surface area contributed by atoms with E-state index in [4.69, 9.17) is 0 Å². The number of hydrogen-bond acceptors (Lipinski definition) is 4. The predicted octanol–water partition coefficient (Wildman–Crippen LogP) is 3.06. The standard InChI is InChI=1S/C17H19N3O2S/c21-15(9-10-18-16(22)13-7-4-8-13)20-17-19-11-14(23-17)12-5-2-1-3-6-12/h1-3,5-6,11,13H,4,7-10H2,(H,18,22)(H,19,20,21). The molecule has 0 aliphatic heterocycles. The van der Waals surface area contributed by atoms with Crippen molar-refractivity contribution in [3.63, 3.8) is 0 Å². The predicted molar refractivity (Wildman–Crippen MR) is 91.1 cm³/mol. The van der Waals surface area contributed by atoms with E-state index in [1.807, 2.05) is 30.3 Å². The smallest absolute Gasteiger partial charge is 0.227 e. The Morgan fingerprint density at radius 3 is 2.70 bits per heavy atom. The van der Waals surface area contributed by atoms with Crippen molar-refractivity contribution < 1.29 is 9.59 Å². The second-order valence-electron chi connectivity index (χ2n) is 5.61. The van der Waals surface area contributed by atoms with E-state index in [1.165, 1.54) is 11.3 Å². The largest absolute Gasteiger partial charge is 0.355 e. The molecule has 1 saturated carbocycles. The van der Waals surface area contributed by atoms with E-state index in [2.05, 4.69) is 15.6 Å². The summed E-state index contributed by atoms with van der Waals surface area (Å²) in [5.74, 6) is 0.1000. The number of hydrogen-bond donors (Lipinski definition) is 2. The van der Waals surface area contributed by atoms with E-state index in [1.54, 1.807) is 6.20 Å². The molecule has 1 aromatic heterocycles. The van der Waals surface area contributed by atoms with Crippen molar-refractivity contribution in [1.82, 2.24) is 10.3 Å². The zero-order valence-corrected chi connectivity index (χ0v) is 13.6. The first-order valence-electron chi connectivity index (χ1n) is 7.81.